The smallest absolute Gasteiger partial charge is 0.0713 e. The van der Waals surface area contributed by atoms with Crippen molar-refractivity contribution in [2.24, 2.45) is 0 Å². The average Bonchev–Trinajstić information content (AvgIpc) is 1.54. The predicted octanol–water partition coefficient (Wildman–Crippen LogP) is 37.2. The SMILES string of the molecule is Brc1ccccc1-c1cccc(-c2ccc3c(c2)c2ccccc2n3-c2ccc3c(c2)-c2ccccc2C3(c2ccccc2)c2ccccc2)c1.C.C.c1ccc(-c2ccc(N(c3ccccc3)c3ccccc3-c3cccc(-c4ccc5c(c4)c4ccccc4n5-c4ccc5c(c4)-c4ccccc4C5(c4ccccc4)c4ccccc4)c3)cc2)cc1.c1ccc(Nc2ccc(-c3ccccc3)cc2)cc1. The molecule has 0 saturated carbocycles. The van der Waals surface area contributed by atoms with Crippen LogP contribution in [0.3, 0.4) is 0 Å². The molecule has 22 aromatic carbocycles. The molecule has 2 aliphatic rings. The Labute approximate surface area is 834 Å². The maximum absolute atomic E-state index is 3.75. The molecule has 2 aliphatic carbocycles. The lowest BCUT2D eigenvalue weighted by molar-refractivity contribution is 0.768. The topological polar surface area (TPSA) is 25.1 Å². The summed E-state index contributed by atoms with van der Waals surface area (Å²) in [6.45, 7) is 0. The average molecular weight is 1870 g/mol. The number of rotatable bonds is 17. The number of halogens is 1. The number of benzene rings is 22. The minimum atomic E-state index is -0.439. The first-order valence-electron chi connectivity index (χ1n) is 47.7. The summed E-state index contributed by atoms with van der Waals surface area (Å²) in [5.74, 6) is 0. The summed E-state index contributed by atoms with van der Waals surface area (Å²) in [6.07, 6.45) is 0. The fraction of sp³-hybridized carbons (Fsp3) is 0.0294. The molecule has 0 atom stereocenters. The molecule has 0 radical (unpaired) electrons. The minimum Gasteiger partial charge on any atom is -0.356 e. The fourth-order valence-corrected chi connectivity index (χ4v) is 22.4. The van der Waals surface area contributed by atoms with E-state index in [-0.39, 0.29) is 14.9 Å². The third-order valence-corrected chi connectivity index (χ3v) is 28.8. The first-order chi connectivity index (χ1) is 68.9. The predicted molar refractivity (Wildman–Crippen MR) is 601 cm³/mol. The van der Waals surface area contributed by atoms with Crippen LogP contribution in [0.25, 0.3) is 144 Å². The Kier molecular flexibility index (Phi) is 24.3. The number of hydrogen-bond donors (Lipinski definition) is 1. The van der Waals surface area contributed by atoms with E-state index in [2.05, 4.69) is 569 Å². The van der Waals surface area contributed by atoms with E-state index in [0.717, 1.165) is 55.4 Å². The second-order valence-corrected chi connectivity index (χ2v) is 36.7. The summed E-state index contributed by atoms with van der Waals surface area (Å²) in [5.41, 5.74) is 41.6. The molecule has 672 valence electrons. The third-order valence-electron chi connectivity index (χ3n) is 28.1. The van der Waals surface area contributed by atoms with Gasteiger partial charge < -0.3 is 19.4 Å². The van der Waals surface area contributed by atoms with Gasteiger partial charge in [-0.05, 0) is 261 Å². The van der Waals surface area contributed by atoms with Gasteiger partial charge in [0.15, 0.2) is 0 Å². The molecule has 0 unspecified atom stereocenters. The van der Waals surface area contributed by atoms with Crippen LogP contribution in [0.1, 0.15) is 59.4 Å². The highest BCUT2D eigenvalue weighted by Crippen LogP contribution is 2.59. The molecule has 141 heavy (non-hydrogen) atoms. The maximum atomic E-state index is 3.75. The van der Waals surface area contributed by atoms with Gasteiger partial charge in [0, 0.05) is 65.7 Å². The zero-order valence-electron chi connectivity index (χ0n) is 76.3. The Bertz CT molecular complexity index is 8540. The van der Waals surface area contributed by atoms with Gasteiger partial charge >= 0.3 is 0 Å². The van der Waals surface area contributed by atoms with E-state index >= 15 is 0 Å². The van der Waals surface area contributed by atoms with Crippen molar-refractivity contribution in [3.63, 3.8) is 0 Å². The van der Waals surface area contributed by atoms with Gasteiger partial charge in [-0.3, -0.25) is 0 Å². The van der Waals surface area contributed by atoms with E-state index in [0.29, 0.717) is 0 Å². The van der Waals surface area contributed by atoms with E-state index in [1.54, 1.807) is 0 Å². The summed E-state index contributed by atoms with van der Waals surface area (Å²) >= 11 is 3.75. The second-order valence-electron chi connectivity index (χ2n) is 35.9. The summed E-state index contributed by atoms with van der Waals surface area (Å²) in [7, 11) is 0. The second kappa shape index (κ2) is 38.6. The monoisotopic (exact) mass is 1870 g/mol. The van der Waals surface area contributed by atoms with E-state index < -0.39 is 10.8 Å². The zero-order chi connectivity index (χ0) is 92.6. The van der Waals surface area contributed by atoms with Crippen LogP contribution in [0.2, 0.25) is 0 Å². The minimum absolute atomic E-state index is 0. The van der Waals surface area contributed by atoms with Crippen LogP contribution in [0, 0.1) is 0 Å². The highest BCUT2D eigenvalue weighted by atomic mass is 79.9. The van der Waals surface area contributed by atoms with Crippen molar-refractivity contribution in [3.05, 3.63) is 607 Å². The number of fused-ring (bicyclic) bond motifs is 12. The number of nitrogens with zero attached hydrogens (tertiary/aromatic N) is 3. The van der Waals surface area contributed by atoms with Gasteiger partial charge in [0.2, 0.25) is 0 Å². The Hall–Kier alpha value is -17.5. The Balaban J connectivity index is 0.000000138. The van der Waals surface area contributed by atoms with Crippen LogP contribution in [-0.4, -0.2) is 9.13 Å². The van der Waals surface area contributed by atoms with Crippen molar-refractivity contribution in [3.8, 4) is 100 Å². The Morgan fingerprint density at radius 2 is 0.496 bits per heavy atom. The lowest BCUT2D eigenvalue weighted by Crippen LogP contribution is -2.28. The number of para-hydroxylation sites is 5. The van der Waals surface area contributed by atoms with Gasteiger partial charge in [-0.1, -0.05) is 455 Å². The molecule has 4 nitrogen and oxygen atoms in total. The lowest BCUT2D eigenvalue weighted by atomic mass is 9.68. The van der Waals surface area contributed by atoms with E-state index in [1.165, 1.54) is 166 Å². The van der Waals surface area contributed by atoms with Crippen LogP contribution >= 0.6 is 15.9 Å². The number of hydrogen-bond acceptors (Lipinski definition) is 2. The van der Waals surface area contributed by atoms with E-state index in [4.69, 9.17) is 0 Å². The number of nitrogens with one attached hydrogen (secondary N) is 1. The zero-order valence-corrected chi connectivity index (χ0v) is 77.9. The number of anilines is 5. The Morgan fingerprint density at radius 3 is 0.950 bits per heavy atom. The molecule has 0 amide bonds. The van der Waals surface area contributed by atoms with Crippen LogP contribution in [0.15, 0.2) is 563 Å². The largest absolute Gasteiger partial charge is 0.356 e. The molecule has 26 rings (SSSR count). The molecule has 2 aromatic heterocycles. The molecule has 0 bridgehead atoms. The van der Waals surface area contributed by atoms with Crippen molar-refractivity contribution < 1.29 is 0 Å². The van der Waals surface area contributed by atoms with E-state index in [1.807, 2.05) is 24.3 Å². The summed E-state index contributed by atoms with van der Waals surface area (Å²) in [6, 6.07) is 202. The normalized spacial score (nSPS) is 12.1. The van der Waals surface area contributed by atoms with Gasteiger partial charge in [0.1, 0.15) is 0 Å². The van der Waals surface area contributed by atoms with Crippen LogP contribution in [0.4, 0.5) is 28.4 Å². The lowest BCUT2D eigenvalue weighted by Gasteiger charge is -2.33. The highest BCUT2D eigenvalue weighted by molar-refractivity contribution is 9.10. The summed E-state index contributed by atoms with van der Waals surface area (Å²) in [4.78, 5) is 2.37. The van der Waals surface area contributed by atoms with Crippen LogP contribution < -0.4 is 10.2 Å². The molecule has 5 heteroatoms. The molecule has 0 fully saturated rings. The molecule has 1 N–H and O–H groups in total. The van der Waals surface area contributed by atoms with E-state index in [9.17, 15) is 0 Å². The molecule has 24 aromatic rings. The van der Waals surface area contributed by atoms with Crippen LogP contribution in [0.5, 0.6) is 0 Å². The van der Waals surface area contributed by atoms with Crippen molar-refractivity contribution in [2.75, 3.05) is 10.2 Å². The molecule has 0 aliphatic heterocycles. The Morgan fingerprint density at radius 1 is 0.191 bits per heavy atom. The number of aromatic nitrogens is 2. The van der Waals surface area contributed by atoms with Crippen molar-refractivity contribution in [1.82, 2.24) is 9.13 Å². The molecule has 2 heterocycles. The van der Waals surface area contributed by atoms with Gasteiger partial charge in [0.05, 0.1) is 38.6 Å². The molecule has 0 saturated heterocycles. The van der Waals surface area contributed by atoms with Crippen molar-refractivity contribution in [2.45, 2.75) is 25.7 Å². The third kappa shape index (κ3) is 16.1. The quantitative estimate of drug-likeness (QED) is 0.0983. The molecular formula is C136H101BrN4. The van der Waals surface area contributed by atoms with Crippen molar-refractivity contribution in [1.29, 1.82) is 0 Å². The van der Waals surface area contributed by atoms with Gasteiger partial charge in [-0.15, -0.1) is 0 Å². The summed E-state index contributed by atoms with van der Waals surface area (Å²) in [5, 5.41) is 8.34. The fourth-order valence-electron chi connectivity index (χ4n) is 21.9. The van der Waals surface area contributed by atoms with Gasteiger partial charge in [-0.25, -0.2) is 0 Å². The first kappa shape index (κ1) is 88.8. The van der Waals surface area contributed by atoms with Crippen molar-refractivity contribution >= 4 is 88.0 Å². The maximum Gasteiger partial charge on any atom is 0.0713 e. The molecule has 0 spiro atoms. The van der Waals surface area contributed by atoms with Gasteiger partial charge in [0.25, 0.3) is 0 Å². The van der Waals surface area contributed by atoms with Gasteiger partial charge in [-0.2, -0.15) is 0 Å². The van der Waals surface area contributed by atoms with Crippen LogP contribution in [-0.2, 0) is 10.8 Å². The highest BCUT2D eigenvalue weighted by Gasteiger charge is 2.48. The summed E-state index contributed by atoms with van der Waals surface area (Å²) < 4.78 is 6.00. The molecular weight excluding hydrogens is 1770 g/mol. The standard InChI is InChI=1S/C67H46N2.C49H32BrN.C18H15N.2CH4/c1-5-20-47(21-6-1)48-36-39-55(40-37-48)68(54-28-11-4-12-29-54)64-34-17-14-30-57(64)51-23-19-22-49(44-51)50-38-43-66-61(45-50)59-32-15-18-35-65(59)69(66)56-41-42-63-60(46-56)58-31-13-16-33-62(58)67(63,52-24-7-2-8-25-52)53-26-9-3-10-27-53;50-46-24-11-8-20-39(46)35-15-13-14-33(30-35)34-26-29-48-43(31-34)41-22-9-12-25-47(41)51(48)38-27-28-45-42(32-38)40-21-7-10-23-44(40)49(45,36-16-3-1-4-17-36)37-18-5-2-6-19-37;1-3-7-15(8-4-1)16-11-13-18(14-12-16)19-17-9-5-2-6-10-17;;/h1-46H;1-32H;1-14,19H;2*1H4. The first-order valence-corrected chi connectivity index (χ1v) is 48.5.